The molecule has 0 saturated heterocycles. The fourth-order valence-corrected chi connectivity index (χ4v) is 4.00. The molecule has 0 bridgehead atoms. The summed E-state index contributed by atoms with van der Waals surface area (Å²) >= 11 is 0. The Morgan fingerprint density at radius 3 is 2.16 bits per heavy atom. The number of rotatable bonds is 6. The predicted octanol–water partition coefficient (Wildman–Crippen LogP) is 6.33. The molecule has 4 nitrogen and oxygen atoms in total. The molecule has 1 heterocycles. The molecule has 0 saturated carbocycles. The van der Waals surface area contributed by atoms with E-state index in [1.54, 1.807) is 6.07 Å². The first-order valence-electron chi connectivity index (χ1n) is 10.7. The van der Waals surface area contributed by atoms with Crippen molar-refractivity contribution in [2.45, 2.75) is 19.1 Å². The average Bonchev–Trinajstić information content (AvgIpc) is 3.30. The molecule has 4 aromatic carbocycles. The number of anilines is 1. The summed E-state index contributed by atoms with van der Waals surface area (Å²) in [5, 5.41) is 17.3. The average molecular weight is 421 g/mol. The van der Waals surface area contributed by atoms with Gasteiger partial charge in [-0.1, -0.05) is 72.8 Å². The van der Waals surface area contributed by atoms with E-state index in [-0.39, 0.29) is 11.8 Å². The van der Waals surface area contributed by atoms with Crippen LogP contribution in [0.25, 0.3) is 0 Å². The molecule has 0 amide bonds. The molecule has 1 aliphatic rings. The predicted molar refractivity (Wildman–Crippen MR) is 128 cm³/mol. The van der Waals surface area contributed by atoms with Gasteiger partial charge in [-0.25, -0.2) is 0 Å². The topological polar surface area (TPSA) is 45.1 Å². The fraction of sp³-hybridized carbons (Fsp3) is 0.107. The third-order valence-electron chi connectivity index (χ3n) is 5.66. The molecule has 0 spiro atoms. The molecule has 1 aliphatic heterocycles. The molecule has 0 radical (unpaired) electrons. The van der Waals surface area contributed by atoms with Gasteiger partial charge in [0, 0.05) is 12.0 Å². The van der Waals surface area contributed by atoms with Crippen LogP contribution in [0.4, 0.5) is 5.69 Å². The van der Waals surface area contributed by atoms with Gasteiger partial charge in [-0.3, -0.25) is 5.01 Å². The van der Waals surface area contributed by atoms with E-state index < -0.39 is 0 Å². The second kappa shape index (κ2) is 8.98. The Labute approximate surface area is 188 Å². The smallest absolute Gasteiger partial charge is 0.124 e. The summed E-state index contributed by atoms with van der Waals surface area (Å²) in [4.78, 5) is 0. The number of phenolic OH excluding ortho intramolecular Hbond substituents is 1. The number of para-hydroxylation sites is 2. The fourth-order valence-electron chi connectivity index (χ4n) is 4.00. The lowest BCUT2D eigenvalue weighted by molar-refractivity contribution is 0.306. The molecule has 5 rings (SSSR count). The summed E-state index contributed by atoms with van der Waals surface area (Å²) in [5.41, 5.74) is 4.96. The van der Waals surface area contributed by atoms with Crippen molar-refractivity contribution in [3.8, 4) is 11.5 Å². The number of hydrazone groups is 1. The lowest BCUT2D eigenvalue weighted by Gasteiger charge is -2.24. The van der Waals surface area contributed by atoms with Crippen LogP contribution in [0.5, 0.6) is 11.5 Å². The van der Waals surface area contributed by atoms with Gasteiger partial charge >= 0.3 is 0 Å². The highest BCUT2D eigenvalue weighted by atomic mass is 16.5. The maximum Gasteiger partial charge on any atom is 0.124 e. The minimum Gasteiger partial charge on any atom is -0.507 e. The van der Waals surface area contributed by atoms with Crippen LogP contribution >= 0.6 is 0 Å². The van der Waals surface area contributed by atoms with E-state index in [0.29, 0.717) is 13.0 Å². The highest BCUT2D eigenvalue weighted by Gasteiger charge is 2.30. The van der Waals surface area contributed by atoms with Crippen LogP contribution in [0.3, 0.4) is 0 Å². The van der Waals surface area contributed by atoms with Crippen LogP contribution in [-0.4, -0.2) is 10.8 Å². The van der Waals surface area contributed by atoms with Gasteiger partial charge in [0.05, 0.1) is 17.4 Å². The summed E-state index contributed by atoms with van der Waals surface area (Å²) in [7, 11) is 0. The number of aromatic hydroxyl groups is 1. The van der Waals surface area contributed by atoms with E-state index >= 15 is 0 Å². The zero-order chi connectivity index (χ0) is 21.8. The molecule has 1 N–H and O–H groups in total. The maximum atomic E-state index is 10.4. The van der Waals surface area contributed by atoms with Crippen LogP contribution in [0.2, 0.25) is 0 Å². The summed E-state index contributed by atoms with van der Waals surface area (Å²) in [6.07, 6.45) is 0.705. The van der Waals surface area contributed by atoms with E-state index in [9.17, 15) is 5.11 Å². The third kappa shape index (κ3) is 4.21. The Kier molecular flexibility index (Phi) is 5.58. The van der Waals surface area contributed by atoms with Crippen molar-refractivity contribution in [1.82, 2.24) is 0 Å². The Hall–Kier alpha value is -4.05. The van der Waals surface area contributed by atoms with Gasteiger partial charge in [0.1, 0.15) is 18.1 Å². The number of benzene rings is 4. The first kappa shape index (κ1) is 19.9. The largest absolute Gasteiger partial charge is 0.507 e. The number of hydrogen-bond donors (Lipinski definition) is 1. The van der Waals surface area contributed by atoms with E-state index in [1.807, 2.05) is 71.7 Å². The third-order valence-corrected chi connectivity index (χ3v) is 5.66. The number of hydrogen-bond acceptors (Lipinski definition) is 4. The first-order chi connectivity index (χ1) is 15.8. The summed E-state index contributed by atoms with van der Waals surface area (Å²) in [6.45, 7) is 0.542. The Morgan fingerprint density at radius 2 is 1.44 bits per heavy atom. The van der Waals surface area contributed by atoms with Crippen molar-refractivity contribution in [2.75, 3.05) is 5.01 Å². The molecule has 0 fully saturated rings. The highest BCUT2D eigenvalue weighted by molar-refractivity contribution is 6.05. The van der Waals surface area contributed by atoms with Crippen molar-refractivity contribution < 1.29 is 9.84 Å². The molecular weight excluding hydrogens is 396 g/mol. The molecule has 158 valence electrons. The number of ether oxygens (including phenoxy) is 1. The lowest BCUT2D eigenvalue weighted by Crippen LogP contribution is -2.18. The van der Waals surface area contributed by atoms with E-state index in [4.69, 9.17) is 9.84 Å². The normalized spacial score (nSPS) is 15.4. The van der Waals surface area contributed by atoms with Crippen molar-refractivity contribution in [1.29, 1.82) is 0 Å². The molecule has 1 atom stereocenters. The lowest BCUT2D eigenvalue weighted by atomic mass is 9.97. The second-order valence-electron chi connectivity index (χ2n) is 7.81. The van der Waals surface area contributed by atoms with Crippen LogP contribution in [-0.2, 0) is 6.61 Å². The quantitative estimate of drug-likeness (QED) is 0.397. The first-order valence-corrected chi connectivity index (χ1v) is 10.7. The highest BCUT2D eigenvalue weighted by Crippen LogP contribution is 2.38. The van der Waals surface area contributed by atoms with Crippen molar-refractivity contribution in [3.63, 3.8) is 0 Å². The van der Waals surface area contributed by atoms with Gasteiger partial charge in [-0.15, -0.1) is 0 Å². The minimum absolute atomic E-state index is 0.0372. The van der Waals surface area contributed by atoms with Crippen LogP contribution in [0, 0.1) is 0 Å². The SMILES string of the molecule is Oc1ccccc1C1=NN(c2ccccc2)C(c2ccc(OCc3ccccc3)cc2)C1. The van der Waals surface area contributed by atoms with E-state index in [2.05, 4.69) is 36.4 Å². The Bertz CT molecular complexity index is 1210. The standard InChI is InChI=1S/C28H24N2O2/c31-28-14-8-7-13-25(28)26-19-27(30(29-26)23-11-5-2-6-12-23)22-15-17-24(18-16-22)32-20-21-9-3-1-4-10-21/h1-18,27,31H,19-20H2. The molecule has 4 heteroatoms. The van der Waals surface area contributed by atoms with Gasteiger partial charge in [0.2, 0.25) is 0 Å². The van der Waals surface area contributed by atoms with Gasteiger partial charge in [0.25, 0.3) is 0 Å². The summed E-state index contributed by atoms with van der Waals surface area (Å²) in [6, 6.07) is 35.9. The maximum absolute atomic E-state index is 10.4. The van der Waals surface area contributed by atoms with E-state index in [1.165, 1.54) is 0 Å². The van der Waals surface area contributed by atoms with E-state index in [0.717, 1.165) is 33.8 Å². The summed E-state index contributed by atoms with van der Waals surface area (Å²) in [5.74, 6) is 1.09. The molecule has 32 heavy (non-hydrogen) atoms. The molecule has 0 aromatic heterocycles. The zero-order valence-corrected chi connectivity index (χ0v) is 17.6. The van der Waals surface area contributed by atoms with Crippen LogP contribution in [0.1, 0.15) is 29.2 Å². The Morgan fingerprint density at radius 1 is 0.781 bits per heavy atom. The van der Waals surface area contributed by atoms with Crippen LogP contribution in [0.15, 0.2) is 114 Å². The van der Waals surface area contributed by atoms with Crippen molar-refractivity contribution in [2.24, 2.45) is 5.10 Å². The molecular formula is C28H24N2O2. The van der Waals surface area contributed by atoms with Crippen LogP contribution < -0.4 is 9.75 Å². The monoisotopic (exact) mass is 420 g/mol. The van der Waals surface area contributed by atoms with Gasteiger partial charge in [-0.2, -0.15) is 5.10 Å². The van der Waals surface area contributed by atoms with Gasteiger partial charge < -0.3 is 9.84 Å². The van der Waals surface area contributed by atoms with Gasteiger partial charge in [0.15, 0.2) is 0 Å². The summed E-state index contributed by atoms with van der Waals surface area (Å²) < 4.78 is 5.95. The Balaban J connectivity index is 1.39. The molecule has 1 unspecified atom stereocenters. The second-order valence-corrected chi connectivity index (χ2v) is 7.81. The zero-order valence-electron chi connectivity index (χ0n) is 17.6. The van der Waals surface area contributed by atoms with Crippen molar-refractivity contribution >= 4 is 11.4 Å². The minimum atomic E-state index is 0.0372. The molecule has 0 aliphatic carbocycles. The number of nitrogens with zero attached hydrogens (tertiary/aromatic N) is 2. The van der Waals surface area contributed by atoms with Gasteiger partial charge in [-0.05, 0) is 47.5 Å². The number of phenols is 1. The molecule has 4 aromatic rings. The van der Waals surface area contributed by atoms with Crippen molar-refractivity contribution in [3.05, 3.63) is 126 Å².